The number of hydroxylamine groups is 1. The van der Waals surface area contributed by atoms with Crippen molar-refractivity contribution in [3.8, 4) is 0 Å². The molecule has 0 aliphatic heterocycles. The summed E-state index contributed by atoms with van der Waals surface area (Å²) in [5.41, 5.74) is 7.01. The predicted octanol–water partition coefficient (Wildman–Crippen LogP) is 1.51. The molecule has 70 valence electrons. The first kappa shape index (κ1) is 13.5. The molecule has 0 atom stereocenters. The van der Waals surface area contributed by atoms with Crippen LogP contribution in [0.25, 0.3) is 0 Å². The SMILES string of the molecule is CC.CC(C)(N)C(C)(C)NO. The van der Waals surface area contributed by atoms with Crippen LogP contribution >= 0.6 is 0 Å². The number of rotatable bonds is 2. The van der Waals surface area contributed by atoms with Crippen molar-refractivity contribution in [2.24, 2.45) is 5.73 Å². The van der Waals surface area contributed by atoms with E-state index in [1.54, 1.807) is 0 Å². The van der Waals surface area contributed by atoms with E-state index in [0.29, 0.717) is 0 Å². The van der Waals surface area contributed by atoms with Gasteiger partial charge in [0.2, 0.25) is 0 Å². The van der Waals surface area contributed by atoms with Crippen molar-refractivity contribution < 1.29 is 5.21 Å². The van der Waals surface area contributed by atoms with E-state index in [1.807, 2.05) is 41.5 Å². The van der Waals surface area contributed by atoms with E-state index in [4.69, 9.17) is 10.9 Å². The predicted molar refractivity (Wildman–Crippen MR) is 48.6 cm³/mol. The van der Waals surface area contributed by atoms with Gasteiger partial charge in [-0.1, -0.05) is 13.8 Å². The molecular formula is C8H22N2O. The third-order valence-corrected chi connectivity index (χ3v) is 1.89. The zero-order valence-electron chi connectivity index (χ0n) is 8.52. The van der Waals surface area contributed by atoms with E-state index in [-0.39, 0.29) is 0 Å². The lowest BCUT2D eigenvalue weighted by molar-refractivity contribution is 0.0431. The number of hydrogen-bond acceptors (Lipinski definition) is 3. The molecule has 0 rings (SSSR count). The third-order valence-electron chi connectivity index (χ3n) is 1.89. The van der Waals surface area contributed by atoms with Gasteiger partial charge in [-0.15, -0.1) is 0 Å². The van der Waals surface area contributed by atoms with Crippen LogP contribution in [0, 0.1) is 0 Å². The molecule has 11 heavy (non-hydrogen) atoms. The summed E-state index contributed by atoms with van der Waals surface area (Å²) in [6, 6.07) is 0. The fourth-order valence-electron chi connectivity index (χ4n) is 0.144. The van der Waals surface area contributed by atoms with E-state index in [1.165, 1.54) is 0 Å². The van der Waals surface area contributed by atoms with Crippen LogP contribution in [0.5, 0.6) is 0 Å². The van der Waals surface area contributed by atoms with Gasteiger partial charge in [-0.25, -0.2) is 0 Å². The van der Waals surface area contributed by atoms with Crippen molar-refractivity contribution in [1.29, 1.82) is 0 Å². The summed E-state index contributed by atoms with van der Waals surface area (Å²) < 4.78 is 0. The summed E-state index contributed by atoms with van der Waals surface area (Å²) in [5.74, 6) is 0. The Labute approximate surface area is 69.9 Å². The summed E-state index contributed by atoms with van der Waals surface area (Å²) in [6.07, 6.45) is 0. The van der Waals surface area contributed by atoms with Gasteiger partial charge in [0.25, 0.3) is 0 Å². The Bertz CT molecular complexity index is 94.8. The Morgan fingerprint density at radius 1 is 1.09 bits per heavy atom. The summed E-state index contributed by atoms with van der Waals surface area (Å²) in [5, 5.41) is 8.60. The smallest absolute Gasteiger partial charge is 0.0547 e. The molecular weight excluding hydrogens is 140 g/mol. The van der Waals surface area contributed by atoms with E-state index >= 15 is 0 Å². The summed E-state index contributed by atoms with van der Waals surface area (Å²) >= 11 is 0. The monoisotopic (exact) mass is 162 g/mol. The fraction of sp³-hybridized carbons (Fsp3) is 1.00. The molecule has 3 heteroatoms. The van der Waals surface area contributed by atoms with Crippen LogP contribution in [0.2, 0.25) is 0 Å². The van der Waals surface area contributed by atoms with Gasteiger partial charge < -0.3 is 10.9 Å². The average molecular weight is 162 g/mol. The lowest BCUT2D eigenvalue weighted by Gasteiger charge is -2.36. The van der Waals surface area contributed by atoms with Crippen molar-refractivity contribution in [3.05, 3.63) is 0 Å². The molecule has 0 spiro atoms. The van der Waals surface area contributed by atoms with Gasteiger partial charge in [-0.3, -0.25) is 0 Å². The number of hydrogen-bond donors (Lipinski definition) is 3. The Hall–Kier alpha value is -0.120. The van der Waals surface area contributed by atoms with E-state index in [0.717, 1.165) is 0 Å². The van der Waals surface area contributed by atoms with Crippen LogP contribution in [0.1, 0.15) is 41.5 Å². The molecule has 0 unspecified atom stereocenters. The van der Waals surface area contributed by atoms with Gasteiger partial charge in [-0.2, -0.15) is 5.48 Å². The highest BCUT2D eigenvalue weighted by molar-refractivity contribution is 4.94. The van der Waals surface area contributed by atoms with Crippen LogP contribution in [-0.4, -0.2) is 16.3 Å². The Morgan fingerprint density at radius 2 is 1.36 bits per heavy atom. The number of nitrogens with one attached hydrogen (secondary N) is 1. The zero-order chi connectivity index (χ0) is 9.71. The normalized spacial score (nSPS) is 12.0. The van der Waals surface area contributed by atoms with Crippen molar-refractivity contribution in [3.63, 3.8) is 0 Å². The van der Waals surface area contributed by atoms with Gasteiger partial charge in [0, 0.05) is 5.54 Å². The highest BCUT2D eigenvalue weighted by Crippen LogP contribution is 2.16. The van der Waals surface area contributed by atoms with Crippen LogP contribution in [0.4, 0.5) is 0 Å². The average Bonchev–Trinajstić information content (AvgIpc) is 1.90. The molecule has 3 nitrogen and oxygen atoms in total. The topological polar surface area (TPSA) is 58.3 Å². The number of nitrogens with two attached hydrogens (primary N) is 1. The minimum absolute atomic E-state index is 0.415. The summed E-state index contributed by atoms with van der Waals surface area (Å²) in [6.45, 7) is 11.4. The van der Waals surface area contributed by atoms with Crippen molar-refractivity contribution in [2.45, 2.75) is 52.6 Å². The Kier molecular flexibility index (Phi) is 5.75. The molecule has 0 aliphatic rings. The highest BCUT2D eigenvalue weighted by Gasteiger charge is 2.32. The molecule has 0 amide bonds. The van der Waals surface area contributed by atoms with Gasteiger partial charge in [0.1, 0.15) is 0 Å². The van der Waals surface area contributed by atoms with E-state index < -0.39 is 11.1 Å². The molecule has 0 aliphatic carbocycles. The quantitative estimate of drug-likeness (QED) is 0.539. The second-order valence-electron chi connectivity index (χ2n) is 3.46. The van der Waals surface area contributed by atoms with Crippen LogP contribution in [0.3, 0.4) is 0 Å². The molecule has 0 heterocycles. The lowest BCUT2D eigenvalue weighted by atomic mass is 9.84. The lowest BCUT2D eigenvalue weighted by Crippen LogP contribution is -2.60. The summed E-state index contributed by atoms with van der Waals surface area (Å²) in [7, 11) is 0. The van der Waals surface area contributed by atoms with Gasteiger partial charge in [0.05, 0.1) is 5.54 Å². The largest absolute Gasteiger partial charge is 0.324 e. The highest BCUT2D eigenvalue weighted by atomic mass is 16.5. The van der Waals surface area contributed by atoms with Gasteiger partial charge >= 0.3 is 0 Å². The summed E-state index contributed by atoms with van der Waals surface area (Å²) in [4.78, 5) is 0. The van der Waals surface area contributed by atoms with E-state index in [2.05, 4.69) is 5.48 Å². The Morgan fingerprint density at radius 3 is 1.36 bits per heavy atom. The minimum Gasteiger partial charge on any atom is -0.324 e. The Balaban J connectivity index is 0. The van der Waals surface area contributed by atoms with E-state index in [9.17, 15) is 0 Å². The maximum absolute atomic E-state index is 8.60. The minimum atomic E-state index is -0.438. The van der Waals surface area contributed by atoms with Crippen LogP contribution in [-0.2, 0) is 0 Å². The van der Waals surface area contributed by atoms with Crippen LogP contribution < -0.4 is 11.2 Å². The van der Waals surface area contributed by atoms with Crippen molar-refractivity contribution in [1.82, 2.24) is 5.48 Å². The first-order chi connectivity index (χ1) is 4.81. The maximum Gasteiger partial charge on any atom is 0.0547 e. The first-order valence-electron chi connectivity index (χ1n) is 4.01. The van der Waals surface area contributed by atoms with Crippen molar-refractivity contribution >= 4 is 0 Å². The zero-order valence-corrected chi connectivity index (χ0v) is 8.52. The van der Waals surface area contributed by atoms with Gasteiger partial charge in [-0.05, 0) is 27.7 Å². The molecule has 0 aromatic heterocycles. The van der Waals surface area contributed by atoms with Crippen LogP contribution in [0.15, 0.2) is 0 Å². The maximum atomic E-state index is 8.60. The third kappa shape index (κ3) is 4.35. The second-order valence-corrected chi connectivity index (χ2v) is 3.46. The molecule has 0 saturated heterocycles. The molecule has 0 saturated carbocycles. The molecule has 0 aromatic carbocycles. The molecule has 0 fully saturated rings. The first-order valence-corrected chi connectivity index (χ1v) is 4.01. The van der Waals surface area contributed by atoms with Crippen molar-refractivity contribution in [2.75, 3.05) is 0 Å². The second kappa shape index (κ2) is 4.70. The van der Waals surface area contributed by atoms with Gasteiger partial charge in [0.15, 0.2) is 0 Å². The molecule has 4 N–H and O–H groups in total. The molecule has 0 aromatic rings. The molecule has 0 radical (unpaired) electrons. The standard InChI is InChI=1S/C6H16N2O.C2H6/c1-5(2,7)6(3,4)8-9;1-2/h8-9H,7H2,1-4H3;1-2H3. The molecule has 0 bridgehead atoms. The fourth-order valence-corrected chi connectivity index (χ4v) is 0.144.